The molecule has 1 saturated carbocycles. The Bertz CT molecular complexity index is 225. The second-order valence-electron chi connectivity index (χ2n) is 6.83. The lowest BCUT2D eigenvalue weighted by atomic mass is 9.84. The summed E-state index contributed by atoms with van der Waals surface area (Å²) in [7, 11) is 2.29. The smallest absolute Gasteiger partial charge is 0.0159 e. The number of nitrogens with one attached hydrogen (secondary N) is 1. The van der Waals surface area contributed by atoms with Crippen molar-refractivity contribution in [1.29, 1.82) is 0 Å². The highest BCUT2D eigenvalue weighted by molar-refractivity contribution is 4.96. The van der Waals surface area contributed by atoms with Crippen LogP contribution >= 0.6 is 0 Å². The first-order valence-corrected chi connectivity index (χ1v) is 7.93. The normalized spacial score (nSPS) is 27.0. The molecule has 1 rings (SSSR count). The first-order valence-electron chi connectivity index (χ1n) is 7.93. The first kappa shape index (κ1) is 16.0. The molecule has 108 valence electrons. The monoisotopic (exact) mass is 254 g/mol. The van der Waals surface area contributed by atoms with Crippen molar-refractivity contribution in [2.75, 3.05) is 26.7 Å². The fourth-order valence-electron chi connectivity index (χ4n) is 3.38. The van der Waals surface area contributed by atoms with Crippen LogP contribution in [0, 0.1) is 11.3 Å². The lowest BCUT2D eigenvalue weighted by Gasteiger charge is -2.33. The molecule has 0 bridgehead atoms. The Morgan fingerprint density at radius 3 is 2.56 bits per heavy atom. The molecular formula is C16H34N2. The van der Waals surface area contributed by atoms with Crippen LogP contribution < -0.4 is 5.32 Å². The SMILES string of the molecule is CCCCN(C)CC1CCC(C)(C)C1NCCC. The van der Waals surface area contributed by atoms with Crippen LogP contribution in [0.15, 0.2) is 0 Å². The van der Waals surface area contributed by atoms with Crippen LogP contribution in [0.2, 0.25) is 0 Å². The van der Waals surface area contributed by atoms with E-state index in [0.29, 0.717) is 11.5 Å². The van der Waals surface area contributed by atoms with E-state index in [1.807, 2.05) is 0 Å². The van der Waals surface area contributed by atoms with E-state index in [9.17, 15) is 0 Å². The summed E-state index contributed by atoms with van der Waals surface area (Å²) >= 11 is 0. The Balaban J connectivity index is 2.47. The molecule has 0 spiro atoms. The summed E-state index contributed by atoms with van der Waals surface area (Å²) in [6.07, 6.45) is 6.65. The van der Waals surface area contributed by atoms with Crippen molar-refractivity contribution in [3.63, 3.8) is 0 Å². The second-order valence-corrected chi connectivity index (χ2v) is 6.83. The van der Waals surface area contributed by atoms with Crippen LogP contribution in [0.25, 0.3) is 0 Å². The topological polar surface area (TPSA) is 15.3 Å². The van der Waals surface area contributed by atoms with Crippen molar-refractivity contribution in [3.05, 3.63) is 0 Å². The molecule has 0 radical (unpaired) electrons. The van der Waals surface area contributed by atoms with Gasteiger partial charge in [-0.1, -0.05) is 34.1 Å². The van der Waals surface area contributed by atoms with E-state index in [2.05, 4.69) is 45.0 Å². The maximum atomic E-state index is 3.81. The van der Waals surface area contributed by atoms with Crippen LogP contribution in [0.3, 0.4) is 0 Å². The van der Waals surface area contributed by atoms with E-state index < -0.39 is 0 Å². The standard InChI is InChI=1S/C16H34N2/c1-6-8-12-18(5)13-14-9-10-16(3,4)15(14)17-11-7-2/h14-15,17H,6-13H2,1-5H3. The van der Waals surface area contributed by atoms with E-state index in [0.717, 1.165) is 5.92 Å². The van der Waals surface area contributed by atoms with E-state index in [1.165, 1.54) is 51.7 Å². The number of rotatable bonds is 8. The van der Waals surface area contributed by atoms with Gasteiger partial charge >= 0.3 is 0 Å². The van der Waals surface area contributed by atoms with Crippen molar-refractivity contribution in [2.24, 2.45) is 11.3 Å². The minimum Gasteiger partial charge on any atom is -0.313 e. The fraction of sp³-hybridized carbons (Fsp3) is 1.00. The van der Waals surface area contributed by atoms with Crippen molar-refractivity contribution >= 4 is 0 Å². The predicted molar refractivity (Wildman–Crippen MR) is 81.0 cm³/mol. The summed E-state index contributed by atoms with van der Waals surface area (Å²) in [4.78, 5) is 2.54. The molecule has 0 aliphatic heterocycles. The predicted octanol–water partition coefficient (Wildman–Crippen LogP) is 3.52. The summed E-state index contributed by atoms with van der Waals surface area (Å²) in [5.74, 6) is 0.841. The lowest BCUT2D eigenvalue weighted by molar-refractivity contribution is 0.202. The van der Waals surface area contributed by atoms with E-state index >= 15 is 0 Å². The average Bonchev–Trinajstić information content (AvgIpc) is 2.59. The van der Waals surface area contributed by atoms with Gasteiger partial charge < -0.3 is 10.2 Å². The zero-order valence-corrected chi connectivity index (χ0v) is 13.3. The highest BCUT2D eigenvalue weighted by Crippen LogP contribution is 2.41. The zero-order valence-electron chi connectivity index (χ0n) is 13.3. The number of hydrogen-bond acceptors (Lipinski definition) is 2. The van der Waals surface area contributed by atoms with Gasteiger partial charge in [-0.2, -0.15) is 0 Å². The lowest BCUT2D eigenvalue weighted by Crippen LogP contribution is -2.45. The molecular weight excluding hydrogens is 220 g/mol. The molecule has 0 aromatic heterocycles. The molecule has 1 fully saturated rings. The summed E-state index contributed by atoms with van der Waals surface area (Å²) in [6.45, 7) is 13.1. The van der Waals surface area contributed by atoms with Crippen LogP contribution in [0.4, 0.5) is 0 Å². The quantitative estimate of drug-likeness (QED) is 0.713. The van der Waals surface area contributed by atoms with E-state index in [-0.39, 0.29) is 0 Å². The highest BCUT2D eigenvalue weighted by Gasteiger charge is 2.41. The van der Waals surface area contributed by atoms with Crippen molar-refractivity contribution < 1.29 is 0 Å². The van der Waals surface area contributed by atoms with Gasteiger partial charge in [-0.05, 0) is 57.2 Å². The molecule has 2 heteroatoms. The minimum absolute atomic E-state index is 0.478. The van der Waals surface area contributed by atoms with Gasteiger partial charge in [-0.3, -0.25) is 0 Å². The maximum absolute atomic E-state index is 3.81. The molecule has 0 aromatic carbocycles. The number of hydrogen-bond donors (Lipinski definition) is 1. The van der Waals surface area contributed by atoms with Gasteiger partial charge in [0.05, 0.1) is 0 Å². The average molecular weight is 254 g/mol. The molecule has 0 heterocycles. The summed E-state index contributed by atoms with van der Waals surface area (Å²) in [5.41, 5.74) is 0.478. The van der Waals surface area contributed by atoms with Crippen LogP contribution in [-0.4, -0.2) is 37.6 Å². The Morgan fingerprint density at radius 1 is 1.22 bits per heavy atom. The number of unbranched alkanes of at least 4 members (excludes halogenated alkanes) is 1. The fourth-order valence-corrected chi connectivity index (χ4v) is 3.38. The summed E-state index contributed by atoms with van der Waals surface area (Å²) in [6, 6.07) is 0.710. The largest absolute Gasteiger partial charge is 0.313 e. The molecule has 2 atom stereocenters. The van der Waals surface area contributed by atoms with E-state index in [4.69, 9.17) is 0 Å². The Hall–Kier alpha value is -0.0800. The molecule has 2 unspecified atom stereocenters. The number of nitrogens with zero attached hydrogens (tertiary/aromatic N) is 1. The van der Waals surface area contributed by atoms with Crippen molar-refractivity contribution in [1.82, 2.24) is 10.2 Å². The molecule has 0 saturated heterocycles. The van der Waals surface area contributed by atoms with Gasteiger partial charge in [0.25, 0.3) is 0 Å². The third-order valence-electron chi connectivity index (χ3n) is 4.53. The summed E-state index contributed by atoms with van der Waals surface area (Å²) in [5, 5.41) is 3.81. The van der Waals surface area contributed by atoms with Gasteiger partial charge in [0, 0.05) is 12.6 Å². The maximum Gasteiger partial charge on any atom is 0.0159 e. The van der Waals surface area contributed by atoms with Gasteiger partial charge in [0.1, 0.15) is 0 Å². The first-order chi connectivity index (χ1) is 8.51. The van der Waals surface area contributed by atoms with Gasteiger partial charge in [0.2, 0.25) is 0 Å². The molecule has 0 amide bonds. The van der Waals surface area contributed by atoms with Gasteiger partial charge in [0.15, 0.2) is 0 Å². The third kappa shape index (κ3) is 4.55. The third-order valence-corrected chi connectivity index (χ3v) is 4.53. The van der Waals surface area contributed by atoms with Crippen molar-refractivity contribution in [3.8, 4) is 0 Å². The van der Waals surface area contributed by atoms with Gasteiger partial charge in [-0.25, -0.2) is 0 Å². The molecule has 1 N–H and O–H groups in total. The highest BCUT2D eigenvalue weighted by atomic mass is 15.1. The Morgan fingerprint density at radius 2 is 1.94 bits per heavy atom. The van der Waals surface area contributed by atoms with Crippen LogP contribution in [-0.2, 0) is 0 Å². The zero-order chi connectivity index (χ0) is 13.6. The second kappa shape index (κ2) is 7.49. The molecule has 0 aromatic rings. The van der Waals surface area contributed by atoms with Crippen LogP contribution in [0.5, 0.6) is 0 Å². The molecule has 1 aliphatic rings. The molecule has 1 aliphatic carbocycles. The summed E-state index contributed by atoms with van der Waals surface area (Å²) < 4.78 is 0. The molecule has 18 heavy (non-hydrogen) atoms. The Labute approximate surface area is 115 Å². The van der Waals surface area contributed by atoms with Crippen LogP contribution in [0.1, 0.15) is 59.8 Å². The van der Waals surface area contributed by atoms with E-state index in [1.54, 1.807) is 0 Å². The van der Waals surface area contributed by atoms with Gasteiger partial charge in [-0.15, -0.1) is 0 Å². The Kier molecular flexibility index (Phi) is 6.65. The van der Waals surface area contributed by atoms with Crippen molar-refractivity contribution in [2.45, 2.75) is 65.8 Å². The molecule has 2 nitrogen and oxygen atoms in total. The minimum atomic E-state index is 0.478.